The molecule has 0 radical (unpaired) electrons. The Balaban J connectivity index is 1.62. The van der Waals surface area contributed by atoms with Crippen LogP contribution < -0.4 is 16.0 Å². The van der Waals surface area contributed by atoms with E-state index < -0.39 is 23.8 Å². The summed E-state index contributed by atoms with van der Waals surface area (Å²) in [5.41, 5.74) is 1.37. The van der Waals surface area contributed by atoms with E-state index in [2.05, 4.69) is 38.5 Å². The van der Waals surface area contributed by atoms with Crippen LogP contribution in [0.15, 0.2) is 42.5 Å². The van der Waals surface area contributed by atoms with Crippen molar-refractivity contribution in [2.45, 2.75) is 25.1 Å². The Morgan fingerprint density at radius 1 is 1.18 bits per heavy atom. The minimum atomic E-state index is -1.01. The fourth-order valence-corrected chi connectivity index (χ4v) is 4.31. The highest BCUT2D eigenvalue weighted by atomic mass is 127. The molecule has 0 spiro atoms. The molecule has 0 bridgehead atoms. The second kappa shape index (κ2) is 12.4. The van der Waals surface area contributed by atoms with Crippen molar-refractivity contribution < 1.29 is 23.5 Å². The topological polar surface area (TPSA) is 93.7 Å². The first-order valence-corrected chi connectivity index (χ1v) is 11.7. The Morgan fingerprint density at radius 2 is 1.94 bits per heavy atom. The van der Waals surface area contributed by atoms with Crippen LogP contribution >= 0.6 is 22.6 Å². The Labute approximate surface area is 205 Å². The third-order valence-electron chi connectivity index (χ3n) is 5.25. The van der Waals surface area contributed by atoms with Gasteiger partial charge in [0.1, 0.15) is 11.6 Å². The molecule has 3 rings (SSSR count). The van der Waals surface area contributed by atoms with Gasteiger partial charge in [0.25, 0.3) is 0 Å². The van der Waals surface area contributed by atoms with Crippen molar-refractivity contribution in [2.75, 3.05) is 32.7 Å². The smallest absolute Gasteiger partial charge is 0.234 e. The number of aliphatic hydroxyl groups excluding tert-OH is 1. The fraction of sp³-hybridized carbons (Fsp3) is 0.391. The van der Waals surface area contributed by atoms with Crippen LogP contribution in [0, 0.1) is 15.2 Å². The van der Waals surface area contributed by atoms with Gasteiger partial charge in [-0.3, -0.25) is 14.5 Å². The number of hydrogen-bond acceptors (Lipinski definition) is 5. The molecule has 1 fully saturated rings. The van der Waals surface area contributed by atoms with E-state index in [1.807, 2.05) is 24.3 Å². The molecule has 2 unspecified atom stereocenters. The number of piperazine rings is 1. The molecule has 2 atom stereocenters. The van der Waals surface area contributed by atoms with E-state index in [1.165, 1.54) is 12.1 Å². The molecule has 2 amide bonds. The van der Waals surface area contributed by atoms with Gasteiger partial charge in [-0.15, -0.1) is 0 Å². The molecule has 1 aliphatic rings. The average molecular weight is 572 g/mol. The molecule has 7 nitrogen and oxygen atoms in total. The molecule has 33 heavy (non-hydrogen) atoms. The molecule has 1 heterocycles. The number of hydrogen-bond donors (Lipinski definition) is 4. The van der Waals surface area contributed by atoms with Crippen molar-refractivity contribution in [3.8, 4) is 0 Å². The van der Waals surface area contributed by atoms with Crippen LogP contribution in [0.4, 0.5) is 8.78 Å². The monoisotopic (exact) mass is 572 g/mol. The number of rotatable bonds is 10. The normalized spacial score (nSPS) is 16.2. The van der Waals surface area contributed by atoms with Crippen molar-refractivity contribution in [3.05, 3.63) is 68.8 Å². The van der Waals surface area contributed by atoms with E-state index in [9.17, 15) is 23.5 Å². The number of carbonyl (C=O) groups excluding carboxylic acids is 2. The number of benzene rings is 2. The molecule has 178 valence electrons. The van der Waals surface area contributed by atoms with Crippen LogP contribution in [-0.2, 0) is 22.6 Å². The summed E-state index contributed by atoms with van der Waals surface area (Å²) in [6.45, 7) is 1.80. The number of carbonyl (C=O) groups is 2. The number of halogens is 3. The minimum Gasteiger partial charge on any atom is -0.390 e. The lowest BCUT2D eigenvalue weighted by molar-refractivity contribution is -0.127. The summed E-state index contributed by atoms with van der Waals surface area (Å²) in [5, 5.41) is 19.4. The molecular weight excluding hydrogens is 545 g/mol. The highest BCUT2D eigenvalue weighted by Crippen LogP contribution is 2.12. The van der Waals surface area contributed by atoms with Crippen LogP contribution in [0.5, 0.6) is 0 Å². The van der Waals surface area contributed by atoms with Crippen molar-refractivity contribution in [1.29, 1.82) is 0 Å². The van der Waals surface area contributed by atoms with Crippen LogP contribution in [-0.4, -0.2) is 66.7 Å². The standard InChI is InChI=1S/C23H27F2IN4O3/c24-17-6-16(7-18(25)10-17)9-20(29-23(33)14-30-5-4-28-22(32)13-30)21(31)12-27-11-15-2-1-3-19(26)8-15/h1-3,6-8,10,20-21,27,31H,4-5,9,11-14H2,(H,28,32)(H,29,33). The Bertz CT molecular complexity index is 958. The number of aliphatic hydroxyl groups is 1. The summed E-state index contributed by atoms with van der Waals surface area (Å²) in [5.74, 6) is -1.97. The van der Waals surface area contributed by atoms with Crippen LogP contribution in [0.2, 0.25) is 0 Å². The third-order valence-corrected chi connectivity index (χ3v) is 5.92. The van der Waals surface area contributed by atoms with Gasteiger partial charge in [-0.1, -0.05) is 12.1 Å². The summed E-state index contributed by atoms with van der Waals surface area (Å²) in [6.07, 6.45) is -0.958. The minimum absolute atomic E-state index is 0.00989. The molecule has 0 aromatic heterocycles. The second-order valence-corrected chi connectivity index (χ2v) is 9.29. The van der Waals surface area contributed by atoms with E-state index in [0.29, 0.717) is 25.2 Å². The quantitative estimate of drug-likeness (QED) is 0.321. The fourth-order valence-electron chi connectivity index (χ4n) is 3.70. The molecule has 1 aliphatic heterocycles. The first-order chi connectivity index (χ1) is 15.8. The Hall–Kier alpha value is -2.15. The van der Waals surface area contributed by atoms with Gasteiger partial charge in [-0.25, -0.2) is 8.78 Å². The van der Waals surface area contributed by atoms with Crippen LogP contribution in [0.1, 0.15) is 11.1 Å². The Morgan fingerprint density at radius 3 is 2.64 bits per heavy atom. The number of amides is 2. The molecule has 10 heteroatoms. The van der Waals surface area contributed by atoms with Gasteiger partial charge in [-0.05, 0) is 64.4 Å². The zero-order valence-electron chi connectivity index (χ0n) is 18.0. The van der Waals surface area contributed by atoms with E-state index in [-0.39, 0.29) is 37.9 Å². The first kappa shape index (κ1) is 25.5. The zero-order valence-corrected chi connectivity index (χ0v) is 20.1. The van der Waals surface area contributed by atoms with Crippen molar-refractivity contribution in [2.24, 2.45) is 0 Å². The molecule has 2 aromatic rings. The summed E-state index contributed by atoms with van der Waals surface area (Å²) >= 11 is 2.22. The Kier molecular flexibility index (Phi) is 9.53. The average Bonchev–Trinajstić information content (AvgIpc) is 2.72. The predicted molar refractivity (Wildman–Crippen MR) is 128 cm³/mol. The SMILES string of the molecule is O=C1CN(CC(=O)NC(Cc2cc(F)cc(F)c2)C(O)CNCc2cccc(I)c2)CCN1. The lowest BCUT2D eigenvalue weighted by Crippen LogP contribution is -2.54. The van der Waals surface area contributed by atoms with Gasteiger partial charge in [0.15, 0.2) is 0 Å². The molecule has 0 aliphatic carbocycles. The molecule has 1 saturated heterocycles. The van der Waals surface area contributed by atoms with Gasteiger partial charge in [-0.2, -0.15) is 0 Å². The van der Waals surface area contributed by atoms with Crippen LogP contribution in [0.25, 0.3) is 0 Å². The largest absolute Gasteiger partial charge is 0.390 e. The van der Waals surface area contributed by atoms with E-state index in [1.54, 1.807) is 4.90 Å². The summed E-state index contributed by atoms with van der Waals surface area (Å²) in [7, 11) is 0. The van der Waals surface area contributed by atoms with E-state index >= 15 is 0 Å². The zero-order chi connectivity index (χ0) is 23.8. The maximum absolute atomic E-state index is 13.7. The first-order valence-electron chi connectivity index (χ1n) is 10.6. The number of nitrogens with one attached hydrogen (secondary N) is 3. The summed E-state index contributed by atoms with van der Waals surface area (Å²) < 4.78 is 28.4. The highest BCUT2D eigenvalue weighted by molar-refractivity contribution is 14.1. The molecule has 4 N–H and O–H groups in total. The van der Waals surface area contributed by atoms with E-state index in [4.69, 9.17) is 0 Å². The number of nitrogens with zero attached hydrogens (tertiary/aromatic N) is 1. The molecule has 0 saturated carbocycles. The third kappa shape index (κ3) is 8.61. The van der Waals surface area contributed by atoms with Gasteiger partial charge >= 0.3 is 0 Å². The maximum atomic E-state index is 13.7. The highest BCUT2D eigenvalue weighted by Gasteiger charge is 2.25. The van der Waals surface area contributed by atoms with Gasteiger partial charge in [0, 0.05) is 35.8 Å². The lowest BCUT2D eigenvalue weighted by Gasteiger charge is -2.28. The maximum Gasteiger partial charge on any atom is 0.234 e. The summed E-state index contributed by atoms with van der Waals surface area (Å²) in [4.78, 5) is 25.9. The van der Waals surface area contributed by atoms with Gasteiger partial charge in [0.05, 0.1) is 25.2 Å². The van der Waals surface area contributed by atoms with Gasteiger partial charge in [0.2, 0.25) is 11.8 Å². The van der Waals surface area contributed by atoms with Crippen molar-refractivity contribution in [3.63, 3.8) is 0 Å². The predicted octanol–water partition coefficient (Wildman–Crippen LogP) is 1.18. The lowest BCUT2D eigenvalue weighted by atomic mass is 10.0. The second-order valence-electron chi connectivity index (χ2n) is 8.04. The van der Waals surface area contributed by atoms with Gasteiger partial charge < -0.3 is 21.1 Å². The van der Waals surface area contributed by atoms with Crippen LogP contribution in [0.3, 0.4) is 0 Å². The van der Waals surface area contributed by atoms with Crippen molar-refractivity contribution in [1.82, 2.24) is 20.9 Å². The molecule has 2 aromatic carbocycles. The van der Waals surface area contributed by atoms with E-state index in [0.717, 1.165) is 15.2 Å². The molecular formula is C23H27F2IN4O3. The van der Waals surface area contributed by atoms with Crippen molar-refractivity contribution >= 4 is 34.4 Å². The summed E-state index contributed by atoms with van der Waals surface area (Å²) in [6, 6.07) is 10.3.